The van der Waals surface area contributed by atoms with Crippen LogP contribution in [0.4, 0.5) is 0 Å². The largest absolute Gasteiger partial charge is 0.424 e. The molecule has 0 aliphatic heterocycles. The maximum Gasteiger partial charge on any atom is 0.321 e. The van der Waals surface area contributed by atoms with Gasteiger partial charge in [0.15, 0.2) is 6.29 Å². The van der Waals surface area contributed by atoms with Crippen LogP contribution in [0, 0.1) is 6.92 Å². The molecule has 0 fully saturated rings. The lowest BCUT2D eigenvalue weighted by Gasteiger charge is -2.06. The van der Waals surface area contributed by atoms with Gasteiger partial charge in [0.1, 0.15) is 5.75 Å². The molecule has 0 N–H and O–H groups in total. The monoisotopic (exact) mass is 292 g/mol. The highest BCUT2D eigenvalue weighted by atomic mass is 79.9. The topological polar surface area (TPSA) is 52.1 Å². The lowest BCUT2D eigenvalue weighted by molar-refractivity contribution is 0.112. The molecular formula is C12H9BrN2O2. The predicted molar refractivity (Wildman–Crippen MR) is 66.4 cm³/mol. The number of aldehydes is 1. The Kier molecular flexibility index (Phi) is 3.49. The number of nitrogens with zero attached hydrogens (tertiary/aromatic N) is 2. The SMILES string of the molecule is Cc1ccc(Br)cc1Oc1ncc(C=O)cn1. The Labute approximate surface area is 107 Å². The first-order chi connectivity index (χ1) is 8.19. The van der Waals surface area contributed by atoms with Crippen LogP contribution in [-0.2, 0) is 0 Å². The Morgan fingerprint density at radius 1 is 1.29 bits per heavy atom. The zero-order valence-electron chi connectivity index (χ0n) is 9.05. The molecule has 4 nitrogen and oxygen atoms in total. The molecule has 86 valence electrons. The number of halogens is 1. The van der Waals surface area contributed by atoms with Gasteiger partial charge in [0.25, 0.3) is 0 Å². The maximum absolute atomic E-state index is 10.4. The van der Waals surface area contributed by atoms with E-state index in [1.54, 1.807) is 0 Å². The smallest absolute Gasteiger partial charge is 0.321 e. The van der Waals surface area contributed by atoms with E-state index in [2.05, 4.69) is 25.9 Å². The molecule has 0 aliphatic carbocycles. The summed E-state index contributed by atoms with van der Waals surface area (Å²) in [6, 6.07) is 5.92. The average molecular weight is 293 g/mol. The molecule has 1 aromatic heterocycles. The number of rotatable bonds is 3. The second-order valence-electron chi connectivity index (χ2n) is 3.43. The van der Waals surface area contributed by atoms with Crippen molar-refractivity contribution in [1.82, 2.24) is 9.97 Å². The van der Waals surface area contributed by atoms with Crippen molar-refractivity contribution in [2.24, 2.45) is 0 Å². The van der Waals surface area contributed by atoms with Crippen molar-refractivity contribution in [2.75, 3.05) is 0 Å². The van der Waals surface area contributed by atoms with Crippen LogP contribution in [0.25, 0.3) is 0 Å². The van der Waals surface area contributed by atoms with E-state index in [1.165, 1.54) is 12.4 Å². The van der Waals surface area contributed by atoms with Gasteiger partial charge in [0.05, 0.1) is 5.56 Å². The second-order valence-corrected chi connectivity index (χ2v) is 4.34. The molecule has 0 unspecified atom stereocenters. The van der Waals surface area contributed by atoms with Crippen LogP contribution < -0.4 is 4.74 Å². The normalized spacial score (nSPS) is 10.0. The van der Waals surface area contributed by atoms with E-state index in [1.807, 2.05) is 25.1 Å². The van der Waals surface area contributed by atoms with E-state index in [0.717, 1.165) is 10.0 Å². The first-order valence-electron chi connectivity index (χ1n) is 4.90. The highest BCUT2D eigenvalue weighted by Gasteiger charge is 2.04. The molecule has 0 aliphatic rings. The van der Waals surface area contributed by atoms with Gasteiger partial charge in [-0.2, -0.15) is 0 Å². The van der Waals surface area contributed by atoms with Gasteiger partial charge in [-0.25, -0.2) is 9.97 Å². The summed E-state index contributed by atoms with van der Waals surface area (Å²) in [6.07, 6.45) is 3.53. The van der Waals surface area contributed by atoms with E-state index in [9.17, 15) is 4.79 Å². The Balaban J connectivity index is 2.24. The fourth-order valence-electron chi connectivity index (χ4n) is 1.22. The number of benzene rings is 1. The first kappa shape index (κ1) is 11.7. The average Bonchev–Trinajstić information content (AvgIpc) is 2.35. The third kappa shape index (κ3) is 2.88. The van der Waals surface area contributed by atoms with Crippen LogP contribution in [0.2, 0.25) is 0 Å². The molecule has 0 radical (unpaired) electrons. The minimum absolute atomic E-state index is 0.219. The van der Waals surface area contributed by atoms with Crippen molar-refractivity contribution in [3.05, 3.63) is 46.2 Å². The molecule has 1 aromatic carbocycles. The Morgan fingerprint density at radius 3 is 2.65 bits per heavy atom. The van der Waals surface area contributed by atoms with Crippen LogP contribution in [0.5, 0.6) is 11.8 Å². The van der Waals surface area contributed by atoms with Crippen LogP contribution in [-0.4, -0.2) is 16.3 Å². The molecule has 0 amide bonds. The van der Waals surface area contributed by atoms with Gasteiger partial charge >= 0.3 is 6.01 Å². The van der Waals surface area contributed by atoms with E-state index < -0.39 is 0 Å². The quantitative estimate of drug-likeness (QED) is 0.816. The van der Waals surface area contributed by atoms with Gasteiger partial charge in [-0.3, -0.25) is 4.79 Å². The fourth-order valence-corrected chi connectivity index (χ4v) is 1.56. The van der Waals surface area contributed by atoms with E-state index in [0.29, 0.717) is 17.6 Å². The summed E-state index contributed by atoms with van der Waals surface area (Å²) in [5.41, 5.74) is 1.40. The molecule has 2 aromatic rings. The predicted octanol–water partition coefficient (Wildman–Crippen LogP) is 3.15. The lowest BCUT2D eigenvalue weighted by Crippen LogP contribution is -1.94. The highest BCUT2D eigenvalue weighted by molar-refractivity contribution is 9.10. The van der Waals surface area contributed by atoms with Gasteiger partial charge in [0.2, 0.25) is 0 Å². The van der Waals surface area contributed by atoms with Crippen LogP contribution in [0.1, 0.15) is 15.9 Å². The van der Waals surface area contributed by atoms with Gasteiger partial charge in [-0.15, -0.1) is 0 Å². The van der Waals surface area contributed by atoms with E-state index in [-0.39, 0.29) is 6.01 Å². The zero-order chi connectivity index (χ0) is 12.3. The third-order valence-electron chi connectivity index (χ3n) is 2.14. The van der Waals surface area contributed by atoms with Crippen LogP contribution in [0.15, 0.2) is 35.1 Å². The standard InChI is InChI=1S/C12H9BrN2O2/c1-8-2-3-10(13)4-11(8)17-12-14-5-9(7-16)6-15-12/h2-7H,1H3. The van der Waals surface area contributed by atoms with Gasteiger partial charge in [-0.05, 0) is 24.6 Å². The molecule has 2 rings (SSSR count). The van der Waals surface area contributed by atoms with Gasteiger partial charge in [0, 0.05) is 16.9 Å². The third-order valence-corrected chi connectivity index (χ3v) is 2.63. The van der Waals surface area contributed by atoms with Crippen LogP contribution >= 0.6 is 15.9 Å². The molecule has 0 atom stereocenters. The number of aromatic nitrogens is 2. The summed E-state index contributed by atoms with van der Waals surface area (Å²) >= 11 is 3.37. The van der Waals surface area contributed by atoms with Crippen LogP contribution in [0.3, 0.4) is 0 Å². The van der Waals surface area contributed by atoms with Crippen molar-refractivity contribution in [1.29, 1.82) is 0 Å². The minimum Gasteiger partial charge on any atom is -0.424 e. The Morgan fingerprint density at radius 2 is 2.00 bits per heavy atom. The number of hydrogen-bond acceptors (Lipinski definition) is 4. The fraction of sp³-hybridized carbons (Fsp3) is 0.0833. The van der Waals surface area contributed by atoms with Gasteiger partial charge < -0.3 is 4.74 Å². The molecule has 5 heteroatoms. The van der Waals surface area contributed by atoms with E-state index in [4.69, 9.17) is 4.74 Å². The number of hydrogen-bond donors (Lipinski definition) is 0. The molecular weight excluding hydrogens is 284 g/mol. The number of aryl methyl sites for hydroxylation is 1. The maximum atomic E-state index is 10.4. The molecule has 17 heavy (non-hydrogen) atoms. The summed E-state index contributed by atoms with van der Waals surface area (Å²) in [5.74, 6) is 0.679. The van der Waals surface area contributed by atoms with Crippen molar-refractivity contribution in [3.8, 4) is 11.8 Å². The van der Waals surface area contributed by atoms with Crippen molar-refractivity contribution in [3.63, 3.8) is 0 Å². The van der Waals surface area contributed by atoms with Crippen molar-refractivity contribution < 1.29 is 9.53 Å². The summed E-state index contributed by atoms with van der Waals surface area (Å²) in [6.45, 7) is 1.93. The molecule has 0 bridgehead atoms. The summed E-state index contributed by atoms with van der Waals surface area (Å²) in [5, 5.41) is 0. The molecule has 0 saturated heterocycles. The Bertz CT molecular complexity index is 541. The number of ether oxygens (including phenoxy) is 1. The zero-order valence-corrected chi connectivity index (χ0v) is 10.6. The summed E-state index contributed by atoms with van der Waals surface area (Å²) in [4.78, 5) is 18.3. The number of carbonyl (C=O) groups is 1. The van der Waals surface area contributed by atoms with E-state index >= 15 is 0 Å². The molecule has 0 spiro atoms. The Hall–Kier alpha value is -1.75. The second kappa shape index (κ2) is 5.05. The first-order valence-corrected chi connectivity index (χ1v) is 5.69. The summed E-state index contributed by atoms with van der Waals surface area (Å²) in [7, 11) is 0. The highest BCUT2D eigenvalue weighted by Crippen LogP contribution is 2.25. The lowest BCUT2D eigenvalue weighted by atomic mass is 10.2. The van der Waals surface area contributed by atoms with Crippen molar-refractivity contribution in [2.45, 2.75) is 6.92 Å². The minimum atomic E-state index is 0.219. The van der Waals surface area contributed by atoms with Gasteiger partial charge in [-0.1, -0.05) is 22.0 Å². The number of carbonyl (C=O) groups excluding carboxylic acids is 1. The molecule has 0 saturated carbocycles. The van der Waals surface area contributed by atoms with Crippen molar-refractivity contribution >= 4 is 22.2 Å². The summed E-state index contributed by atoms with van der Waals surface area (Å²) < 4.78 is 6.44. The molecule has 1 heterocycles.